The Hall–Kier alpha value is -1.92. The van der Waals surface area contributed by atoms with E-state index in [9.17, 15) is 9.59 Å². The first-order chi connectivity index (χ1) is 10.0. The number of carbonyl (C=O) groups excluding carboxylic acids is 1. The van der Waals surface area contributed by atoms with Crippen molar-refractivity contribution < 1.29 is 25.6 Å². The number of nitrogens with one attached hydrogen (secondary N) is 1. The highest BCUT2D eigenvalue weighted by atomic mass is 16.4. The third-order valence-electron chi connectivity index (χ3n) is 3.49. The maximum absolute atomic E-state index is 12.1. The second-order valence-electron chi connectivity index (χ2n) is 5.49. The normalized spacial score (nSPS) is 9.48. The SMILES string of the molecule is Cc1ccc(C)c(C(=O)NCCCCCCCC(=O)O)c1.O.O. The Bertz CT molecular complexity index is 488. The van der Waals surface area contributed by atoms with E-state index in [1.54, 1.807) is 0 Å². The van der Waals surface area contributed by atoms with Crippen LogP contribution in [-0.2, 0) is 4.79 Å². The fourth-order valence-electron chi connectivity index (χ4n) is 2.21. The zero-order chi connectivity index (χ0) is 15.7. The predicted octanol–water partition coefficient (Wildman–Crippen LogP) is 1.81. The lowest BCUT2D eigenvalue weighted by molar-refractivity contribution is -0.137. The van der Waals surface area contributed by atoms with Gasteiger partial charge < -0.3 is 21.4 Å². The molecule has 1 aromatic carbocycles. The summed E-state index contributed by atoms with van der Waals surface area (Å²) < 4.78 is 0. The minimum Gasteiger partial charge on any atom is -0.481 e. The molecule has 6 heteroatoms. The molecule has 0 aromatic heterocycles. The fraction of sp³-hybridized carbons (Fsp3) is 0.529. The number of aliphatic carboxylic acids is 1. The molecule has 0 atom stereocenters. The highest BCUT2D eigenvalue weighted by Gasteiger charge is 2.08. The van der Waals surface area contributed by atoms with Crippen LogP contribution in [0.5, 0.6) is 0 Å². The molecule has 0 aliphatic rings. The molecule has 0 spiro atoms. The van der Waals surface area contributed by atoms with Crippen LogP contribution >= 0.6 is 0 Å². The summed E-state index contributed by atoms with van der Waals surface area (Å²) in [5.41, 5.74) is 2.83. The van der Waals surface area contributed by atoms with Gasteiger partial charge in [-0.2, -0.15) is 0 Å². The molecule has 6 nitrogen and oxygen atoms in total. The number of amides is 1. The number of unbranched alkanes of at least 4 members (excludes halogenated alkanes) is 4. The molecule has 0 aliphatic carbocycles. The van der Waals surface area contributed by atoms with Gasteiger partial charge in [0.25, 0.3) is 5.91 Å². The molecule has 1 aromatic rings. The first kappa shape index (κ1) is 23.3. The molecule has 132 valence electrons. The Morgan fingerprint density at radius 1 is 1.00 bits per heavy atom. The average molecular weight is 327 g/mol. The van der Waals surface area contributed by atoms with Gasteiger partial charge in [-0.25, -0.2) is 0 Å². The van der Waals surface area contributed by atoms with Gasteiger partial charge in [0.15, 0.2) is 0 Å². The zero-order valence-corrected chi connectivity index (χ0v) is 13.9. The van der Waals surface area contributed by atoms with E-state index >= 15 is 0 Å². The molecule has 1 amide bonds. The maximum Gasteiger partial charge on any atom is 0.303 e. The van der Waals surface area contributed by atoms with Crippen LogP contribution in [0.4, 0.5) is 0 Å². The van der Waals surface area contributed by atoms with Crippen LogP contribution in [0.15, 0.2) is 18.2 Å². The zero-order valence-electron chi connectivity index (χ0n) is 13.9. The van der Waals surface area contributed by atoms with E-state index < -0.39 is 5.97 Å². The Balaban J connectivity index is 0. The van der Waals surface area contributed by atoms with Gasteiger partial charge in [0.05, 0.1) is 0 Å². The van der Waals surface area contributed by atoms with Gasteiger partial charge >= 0.3 is 5.97 Å². The van der Waals surface area contributed by atoms with E-state index in [-0.39, 0.29) is 23.3 Å². The summed E-state index contributed by atoms with van der Waals surface area (Å²) in [4.78, 5) is 22.4. The minimum absolute atomic E-state index is 0. The Labute approximate surface area is 137 Å². The first-order valence-corrected chi connectivity index (χ1v) is 7.58. The van der Waals surface area contributed by atoms with Crippen LogP contribution < -0.4 is 5.32 Å². The average Bonchev–Trinajstić information content (AvgIpc) is 2.43. The number of benzene rings is 1. The van der Waals surface area contributed by atoms with Crippen molar-refractivity contribution in [2.75, 3.05) is 6.54 Å². The molecule has 0 saturated carbocycles. The van der Waals surface area contributed by atoms with Crippen LogP contribution in [0.2, 0.25) is 0 Å². The van der Waals surface area contributed by atoms with Gasteiger partial charge in [0.2, 0.25) is 0 Å². The van der Waals surface area contributed by atoms with E-state index in [2.05, 4.69) is 5.32 Å². The number of hydrogen-bond donors (Lipinski definition) is 2. The minimum atomic E-state index is -0.726. The van der Waals surface area contributed by atoms with E-state index in [0.29, 0.717) is 6.54 Å². The highest BCUT2D eigenvalue weighted by Crippen LogP contribution is 2.10. The third-order valence-corrected chi connectivity index (χ3v) is 3.49. The summed E-state index contributed by atoms with van der Waals surface area (Å²) in [5, 5.41) is 11.5. The summed E-state index contributed by atoms with van der Waals surface area (Å²) in [5.74, 6) is -0.738. The topological polar surface area (TPSA) is 129 Å². The number of hydrogen-bond acceptors (Lipinski definition) is 2. The molecule has 6 N–H and O–H groups in total. The number of rotatable bonds is 9. The molecule has 0 aliphatic heterocycles. The number of carbonyl (C=O) groups is 2. The summed E-state index contributed by atoms with van der Waals surface area (Å²) in [6.07, 6.45) is 4.91. The molecule has 0 unspecified atom stereocenters. The molecular weight excluding hydrogens is 298 g/mol. The Morgan fingerprint density at radius 3 is 2.26 bits per heavy atom. The standard InChI is InChI=1S/C17H25NO3.2H2O/c1-13-9-10-14(2)15(12-13)17(21)18-11-7-5-3-4-6-8-16(19)20;;/h9-10,12H,3-8,11H2,1-2H3,(H,18,21)(H,19,20);2*1H2. The van der Waals surface area contributed by atoms with Crippen molar-refractivity contribution in [3.63, 3.8) is 0 Å². The molecular formula is C17H29NO5. The van der Waals surface area contributed by atoms with Crippen molar-refractivity contribution in [2.24, 2.45) is 0 Å². The smallest absolute Gasteiger partial charge is 0.303 e. The lowest BCUT2D eigenvalue weighted by atomic mass is 10.0. The van der Waals surface area contributed by atoms with Crippen LogP contribution in [0, 0.1) is 13.8 Å². The van der Waals surface area contributed by atoms with Crippen LogP contribution in [-0.4, -0.2) is 34.5 Å². The van der Waals surface area contributed by atoms with Crippen molar-refractivity contribution >= 4 is 11.9 Å². The third kappa shape index (κ3) is 9.65. The van der Waals surface area contributed by atoms with Crippen molar-refractivity contribution in [2.45, 2.75) is 52.4 Å². The van der Waals surface area contributed by atoms with Crippen molar-refractivity contribution in [3.8, 4) is 0 Å². The molecule has 1 rings (SSSR count). The van der Waals surface area contributed by atoms with Crippen LogP contribution in [0.1, 0.15) is 60.0 Å². The maximum atomic E-state index is 12.1. The molecule has 0 saturated heterocycles. The van der Waals surface area contributed by atoms with Crippen LogP contribution in [0.3, 0.4) is 0 Å². The van der Waals surface area contributed by atoms with Crippen molar-refractivity contribution in [3.05, 3.63) is 34.9 Å². The molecule has 23 heavy (non-hydrogen) atoms. The predicted molar refractivity (Wildman–Crippen MR) is 90.8 cm³/mol. The van der Waals surface area contributed by atoms with Gasteiger partial charge in [0.1, 0.15) is 0 Å². The Kier molecular flexibility index (Phi) is 12.8. The second kappa shape index (κ2) is 12.6. The quantitative estimate of drug-likeness (QED) is 0.671. The lowest BCUT2D eigenvalue weighted by Gasteiger charge is -2.08. The fourth-order valence-corrected chi connectivity index (χ4v) is 2.21. The number of carboxylic acids is 1. The second-order valence-corrected chi connectivity index (χ2v) is 5.49. The summed E-state index contributed by atoms with van der Waals surface area (Å²) in [7, 11) is 0. The first-order valence-electron chi connectivity index (χ1n) is 7.58. The number of aryl methyl sites for hydroxylation is 2. The molecule has 0 fully saturated rings. The van der Waals surface area contributed by atoms with Gasteiger partial charge in [-0.1, -0.05) is 37.0 Å². The lowest BCUT2D eigenvalue weighted by Crippen LogP contribution is -2.25. The monoisotopic (exact) mass is 327 g/mol. The van der Waals surface area contributed by atoms with Crippen molar-refractivity contribution in [1.82, 2.24) is 5.32 Å². The largest absolute Gasteiger partial charge is 0.481 e. The molecule has 0 bridgehead atoms. The summed E-state index contributed by atoms with van der Waals surface area (Å²) in [6.45, 7) is 4.59. The molecule has 0 radical (unpaired) electrons. The van der Waals surface area contributed by atoms with Crippen LogP contribution in [0.25, 0.3) is 0 Å². The van der Waals surface area contributed by atoms with Gasteiger partial charge in [-0.3, -0.25) is 9.59 Å². The van der Waals surface area contributed by atoms with E-state index in [4.69, 9.17) is 5.11 Å². The summed E-state index contributed by atoms with van der Waals surface area (Å²) in [6, 6.07) is 5.88. The number of carboxylic acid groups (broad SMARTS) is 1. The van der Waals surface area contributed by atoms with Gasteiger partial charge in [-0.05, 0) is 38.3 Å². The van der Waals surface area contributed by atoms with E-state index in [1.165, 1.54) is 0 Å². The van der Waals surface area contributed by atoms with E-state index in [1.807, 2.05) is 32.0 Å². The van der Waals surface area contributed by atoms with Crippen molar-refractivity contribution in [1.29, 1.82) is 0 Å². The Morgan fingerprint density at radius 2 is 1.61 bits per heavy atom. The molecule has 0 heterocycles. The highest BCUT2D eigenvalue weighted by molar-refractivity contribution is 5.95. The van der Waals surface area contributed by atoms with Gasteiger partial charge in [-0.15, -0.1) is 0 Å². The van der Waals surface area contributed by atoms with E-state index in [0.717, 1.165) is 48.8 Å². The van der Waals surface area contributed by atoms with Gasteiger partial charge in [0, 0.05) is 18.5 Å². The summed E-state index contributed by atoms with van der Waals surface area (Å²) >= 11 is 0.